The lowest BCUT2D eigenvalue weighted by molar-refractivity contribution is -0.123. The molecule has 0 unspecified atom stereocenters. The van der Waals surface area contributed by atoms with Crippen LogP contribution < -0.4 is 10.6 Å². The molecule has 22 heavy (non-hydrogen) atoms. The highest BCUT2D eigenvalue weighted by Crippen LogP contribution is 1.97. The van der Waals surface area contributed by atoms with Crippen LogP contribution in [0.5, 0.6) is 0 Å². The average molecular weight is 423 g/mol. The topological polar surface area (TPSA) is 87.4 Å². The molecule has 0 aliphatic rings. The molecule has 0 saturated heterocycles. The molecule has 1 aromatic rings. The van der Waals surface area contributed by atoms with Gasteiger partial charge < -0.3 is 15.5 Å². The summed E-state index contributed by atoms with van der Waals surface area (Å²) in [7, 11) is 5.51. The Labute approximate surface area is 148 Å². The van der Waals surface area contributed by atoms with Gasteiger partial charge in [0.25, 0.3) is 0 Å². The molecule has 0 aromatic carbocycles. The number of hydrogen-bond acceptors (Lipinski definition) is 4. The molecule has 0 aliphatic carbocycles. The Balaban J connectivity index is 0.00000441. The molecule has 1 amide bonds. The lowest BCUT2D eigenvalue weighted by Gasteiger charge is -2.21. The number of rotatable bonds is 6. The summed E-state index contributed by atoms with van der Waals surface area (Å²) >= 11 is 0. The summed E-state index contributed by atoms with van der Waals surface area (Å²) in [6.07, 6.45) is 1.53. The predicted molar refractivity (Wildman–Crippen MR) is 97.1 cm³/mol. The van der Waals surface area contributed by atoms with Crippen molar-refractivity contribution in [3.05, 3.63) is 12.2 Å². The number of carbonyl (C=O) groups is 1. The monoisotopic (exact) mass is 423 g/mol. The minimum absolute atomic E-state index is 0. The van der Waals surface area contributed by atoms with E-state index in [0.29, 0.717) is 19.6 Å². The van der Waals surface area contributed by atoms with Crippen LogP contribution in [0.3, 0.4) is 0 Å². The molecule has 0 aliphatic heterocycles. The molecule has 0 bridgehead atoms. The van der Waals surface area contributed by atoms with E-state index in [9.17, 15) is 4.79 Å². The molecule has 1 rings (SSSR count). The molecule has 0 radical (unpaired) electrons. The molecule has 126 valence electrons. The highest BCUT2D eigenvalue weighted by Gasteiger charge is 2.10. The van der Waals surface area contributed by atoms with Gasteiger partial charge in [-0.1, -0.05) is 13.8 Å². The largest absolute Gasteiger partial charge is 0.354 e. The van der Waals surface area contributed by atoms with Gasteiger partial charge in [0.15, 0.2) is 5.96 Å². The number of halogens is 1. The minimum Gasteiger partial charge on any atom is -0.354 e. The maximum absolute atomic E-state index is 11.4. The van der Waals surface area contributed by atoms with Crippen molar-refractivity contribution in [2.75, 3.05) is 27.2 Å². The quantitative estimate of drug-likeness (QED) is 0.296. The van der Waals surface area contributed by atoms with Crippen LogP contribution in [0.2, 0.25) is 0 Å². The standard InChI is InChI=1S/C13H25N7O.HI/c1-10(2)12(21)15-6-7-16-13(14-3)19(4)8-11-17-9-18-20(11)5;/h9-10H,6-8H2,1-5H3,(H,14,16)(H,15,21);1H. The van der Waals surface area contributed by atoms with Gasteiger partial charge in [0.05, 0.1) is 6.54 Å². The summed E-state index contributed by atoms with van der Waals surface area (Å²) in [5, 5.41) is 10.1. The van der Waals surface area contributed by atoms with Gasteiger partial charge in [0.2, 0.25) is 5.91 Å². The van der Waals surface area contributed by atoms with Gasteiger partial charge >= 0.3 is 0 Å². The van der Waals surface area contributed by atoms with Gasteiger partial charge in [0.1, 0.15) is 12.2 Å². The number of carbonyl (C=O) groups excluding carboxylic acids is 1. The molecule has 0 spiro atoms. The van der Waals surface area contributed by atoms with E-state index in [0.717, 1.165) is 11.8 Å². The maximum Gasteiger partial charge on any atom is 0.222 e. The number of hydrogen-bond donors (Lipinski definition) is 2. The third kappa shape index (κ3) is 6.58. The van der Waals surface area contributed by atoms with Crippen molar-refractivity contribution < 1.29 is 4.79 Å². The van der Waals surface area contributed by atoms with Crippen LogP contribution >= 0.6 is 24.0 Å². The fourth-order valence-corrected chi connectivity index (χ4v) is 1.70. The Hall–Kier alpha value is -1.39. The molecule has 2 N–H and O–H groups in total. The zero-order chi connectivity index (χ0) is 15.8. The van der Waals surface area contributed by atoms with E-state index in [1.165, 1.54) is 6.33 Å². The number of nitrogens with one attached hydrogen (secondary N) is 2. The van der Waals surface area contributed by atoms with Gasteiger partial charge in [-0.25, -0.2) is 4.98 Å². The Morgan fingerprint density at radius 2 is 2.05 bits per heavy atom. The van der Waals surface area contributed by atoms with Crippen molar-refractivity contribution in [2.45, 2.75) is 20.4 Å². The Morgan fingerprint density at radius 1 is 1.41 bits per heavy atom. The fourth-order valence-electron chi connectivity index (χ4n) is 1.70. The van der Waals surface area contributed by atoms with Gasteiger partial charge in [-0.15, -0.1) is 24.0 Å². The SMILES string of the molecule is CN=C(NCCNC(=O)C(C)C)N(C)Cc1ncnn1C.I. The van der Waals surface area contributed by atoms with Crippen LogP contribution in [0.25, 0.3) is 0 Å². The number of aryl methyl sites for hydroxylation is 1. The number of aliphatic imine (C=N–C) groups is 1. The van der Waals surface area contributed by atoms with Crippen LogP contribution in [-0.2, 0) is 18.4 Å². The molecule has 8 nitrogen and oxygen atoms in total. The van der Waals surface area contributed by atoms with Crippen LogP contribution in [0.15, 0.2) is 11.3 Å². The summed E-state index contributed by atoms with van der Waals surface area (Å²) in [5.74, 6) is 1.66. The van der Waals surface area contributed by atoms with Crippen molar-refractivity contribution in [1.82, 2.24) is 30.3 Å². The van der Waals surface area contributed by atoms with Crippen LogP contribution in [0, 0.1) is 5.92 Å². The second-order valence-corrected chi connectivity index (χ2v) is 5.08. The molecule has 0 saturated carbocycles. The number of aromatic nitrogens is 3. The van der Waals surface area contributed by atoms with Gasteiger partial charge in [0, 0.05) is 40.2 Å². The molecular formula is C13H26IN7O. The third-order valence-corrected chi connectivity index (χ3v) is 2.99. The van der Waals surface area contributed by atoms with Gasteiger partial charge in [-0.05, 0) is 0 Å². The van der Waals surface area contributed by atoms with E-state index < -0.39 is 0 Å². The lowest BCUT2D eigenvalue weighted by atomic mass is 10.2. The smallest absolute Gasteiger partial charge is 0.222 e. The Morgan fingerprint density at radius 3 is 2.55 bits per heavy atom. The first-order valence-electron chi connectivity index (χ1n) is 6.98. The van der Waals surface area contributed by atoms with Crippen molar-refractivity contribution in [2.24, 2.45) is 18.0 Å². The summed E-state index contributed by atoms with van der Waals surface area (Å²) in [5.41, 5.74) is 0. The van der Waals surface area contributed by atoms with Crippen molar-refractivity contribution in [3.63, 3.8) is 0 Å². The first-order chi connectivity index (χ1) is 9.95. The summed E-state index contributed by atoms with van der Waals surface area (Å²) in [4.78, 5) is 21.8. The van der Waals surface area contributed by atoms with Crippen molar-refractivity contribution in [1.29, 1.82) is 0 Å². The van der Waals surface area contributed by atoms with E-state index in [-0.39, 0.29) is 35.8 Å². The first kappa shape index (κ1) is 20.6. The Kier molecular flexibility index (Phi) is 9.70. The summed E-state index contributed by atoms with van der Waals surface area (Å²) in [6, 6.07) is 0. The lowest BCUT2D eigenvalue weighted by Crippen LogP contribution is -2.43. The maximum atomic E-state index is 11.4. The Bertz CT molecular complexity index is 486. The predicted octanol–water partition coefficient (Wildman–Crippen LogP) is 0.212. The van der Waals surface area contributed by atoms with E-state index in [4.69, 9.17) is 0 Å². The second kappa shape index (κ2) is 10.4. The van der Waals surface area contributed by atoms with E-state index in [2.05, 4.69) is 25.7 Å². The van der Waals surface area contributed by atoms with E-state index >= 15 is 0 Å². The fraction of sp³-hybridized carbons (Fsp3) is 0.692. The highest BCUT2D eigenvalue weighted by molar-refractivity contribution is 14.0. The first-order valence-corrected chi connectivity index (χ1v) is 6.98. The van der Waals surface area contributed by atoms with Gasteiger partial charge in [-0.3, -0.25) is 14.5 Å². The normalized spacial score (nSPS) is 11.1. The molecule has 9 heteroatoms. The average Bonchev–Trinajstić information content (AvgIpc) is 2.83. The summed E-state index contributed by atoms with van der Waals surface area (Å²) < 4.78 is 1.73. The second-order valence-electron chi connectivity index (χ2n) is 5.08. The molecule has 1 aromatic heterocycles. The van der Waals surface area contributed by atoms with Crippen LogP contribution in [0.4, 0.5) is 0 Å². The van der Waals surface area contributed by atoms with Crippen molar-refractivity contribution >= 4 is 35.8 Å². The number of amides is 1. The third-order valence-electron chi connectivity index (χ3n) is 2.99. The molecule has 1 heterocycles. The van der Waals surface area contributed by atoms with E-state index in [1.807, 2.05) is 32.8 Å². The highest BCUT2D eigenvalue weighted by atomic mass is 127. The molecular weight excluding hydrogens is 397 g/mol. The zero-order valence-corrected chi connectivity index (χ0v) is 16.2. The number of nitrogens with zero attached hydrogens (tertiary/aromatic N) is 5. The molecule has 0 atom stereocenters. The minimum atomic E-state index is 0. The number of guanidine groups is 1. The van der Waals surface area contributed by atoms with Crippen LogP contribution in [-0.4, -0.2) is 58.7 Å². The molecule has 0 fully saturated rings. The van der Waals surface area contributed by atoms with Crippen molar-refractivity contribution in [3.8, 4) is 0 Å². The summed E-state index contributed by atoms with van der Waals surface area (Å²) in [6.45, 7) is 5.53. The van der Waals surface area contributed by atoms with Crippen LogP contribution in [0.1, 0.15) is 19.7 Å². The zero-order valence-electron chi connectivity index (χ0n) is 13.8. The van der Waals surface area contributed by atoms with E-state index in [1.54, 1.807) is 11.7 Å². The van der Waals surface area contributed by atoms with Gasteiger partial charge in [-0.2, -0.15) is 5.10 Å².